The highest BCUT2D eigenvalue weighted by molar-refractivity contribution is 9.10. The summed E-state index contributed by atoms with van der Waals surface area (Å²) in [4.78, 5) is 0. The molecule has 1 aromatic carbocycles. The third kappa shape index (κ3) is 2.81. The quantitative estimate of drug-likeness (QED) is 0.902. The molecule has 0 radical (unpaired) electrons. The molecule has 2 N–H and O–H groups in total. The van der Waals surface area contributed by atoms with E-state index < -0.39 is 0 Å². The molecule has 0 saturated heterocycles. The van der Waals surface area contributed by atoms with Crippen LogP contribution in [0, 0.1) is 5.92 Å². The van der Waals surface area contributed by atoms with Crippen molar-refractivity contribution in [1.29, 1.82) is 0 Å². The van der Waals surface area contributed by atoms with E-state index in [1.54, 1.807) is 14.2 Å². The van der Waals surface area contributed by atoms with E-state index in [9.17, 15) is 0 Å². The molecule has 1 unspecified atom stereocenters. The summed E-state index contributed by atoms with van der Waals surface area (Å²) in [5, 5.41) is 0. The Morgan fingerprint density at radius 2 is 1.94 bits per heavy atom. The number of hydrogen-bond donors (Lipinski definition) is 1. The van der Waals surface area contributed by atoms with E-state index in [0.29, 0.717) is 0 Å². The molecule has 0 amide bonds. The molecule has 1 fully saturated rings. The number of halogens is 1. The summed E-state index contributed by atoms with van der Waals surface area (Å²) in [6.07, 6.45) is 4.99. The fourth-order valence-corrected chi connectivity index (χ4v) is 2.87. The smallest absolute Gasteiger partial charge is 0.133 e. The second kappa shape index (κ2) is 5.93. The van der Waals surface area contributed by atoms with Gasteiger partial charge in [-0.05, 0) is 40.4 Å². The van der Waals surface area contributed by atoms with E-state index >= 15 is 0 Å². The minimum Gasteiger partial charge on any atom is -0.496 e. The van der Waals surface area contributed by atoms with Gasteiger partial charge in [0.25, 0.3) is 0 Å². The summed E-state index contributed by atoms with van der Waals surface area (Å²) < 4.78 is 11.6. The zero-order chi connectivity index (χ0) is 13.1. The largest absolute Gasteiger partial charge is 0.496 e. The lowest BCUT2D eigenvalue weighted by Crippen LogP contribution is -2.20. The molecule has 1 aliphatic carbocycles. The molecule has 1 saturated carbocycles. The number of hydrogen-bond acceptors (Lipinski definition) is 3. The first-order valence-corrected chi connectivity index (χ1v) is 7.12. The highest BCUT2D eigenvalue weighted by Crippen LogP contribution is 2.39. The van der Waals surface area contributed by atoms with Gasteiger partial charge in [-0.1, -0.05) is 19.3 Å². The molecular formula is C14H20BrNO2. The van der Waals surface area contributed by atoms with Gasteiger partial charge in [0.05, 0.1) is 18.7 Å². The fourth-order valence-electron chi connectivity index (χ4n) is 2.39. The molecule has 0 spiro atoms. The van der Waals surface area contributed by atoms with Crippen molar-refractivity contribution in [2.24, 2.45) is 11.7 Å². The van der Waals surface area contributed by atoms with Crippen LogP contribution in [0.1, 0.15) is 37.3 Å². The Hall–Kier alpha value is -0.740. The van der Waals surface area contributed by atoms with Crippen LogP contribution in [0.15, 0.2) is 16.6 Å². The van der Waals surface area contributed by atoms with Crippen molar-refractivity contribution in [3.8, 4) is 11.5 Å². The fraction of sp³-hybridized carbons (Fsp3) is 0.571. The first-order chi connectivity index (χ1) is 8.65. The van der Waals surface area contributed by atoms with Gasteiger partial charge in [0.15, 0.2) is 0 Å². The summed E-state index contributed by atoms with van der Waals surface area (Å²) in [5.74, 6) is 2.41. The summed E-state index contributed by atoms with van der Waals surface area (Å²) in [7, 11) is 3.33. The van der Waals surface area contributed by atoms with Gasteiger partial charge in [0.1, 0.15) is 11.5 Å². The van der Waals surface area contributed by atoms with Gasteiger partial charge >= 0.3 is 0 Å². The van der Waals surface area contributed by atoms with Crippen LogP contribution in [0.5, 0.6) is 11.5 Å². The lowest BCUT2D eigenvalue weighted by molar-refractivity contribution is 0.274. The van der Waals surface area contributed by atoms with E-state index in [-0.39, 0.29) is 6.04 Å². The third-order valence-corrected chi connectivity index (χ3v) is 4.34. The van der Waals surface area contributed by atoms with Gasteiger partial charge < -0.3 is 15.2 Å². The minimum absolute atomic E-state index is 0.0206. The van der Waals surface area contributed by atoms with Crippen LogP contribution in [-0.4, -0.2) is 14.2 Å². The molecule has 4 heteroatoms. The maximum atomic E-state index is 6.30. The van der Waals surface area contributed by atoms with Crippen LogP contribution >= 0.6 is 15.9 Å². The molecule has 0 aromatic heterocycles. The molecule has 0 bridgehead atoms. The van der Waals surface area contributed by atoms with E-state index in [2.05, 4.69) is 15.9 Å². The molecule has 100 valence electrons. The van der Waals surface area contributed by atoms with Gasteiger partial charge in [-0.2, -0.15) is 0 Å². The third-order valence-electron chi connectivity index (χ3n) is 3.72. The van der Waals surface area contributed by atoms with Crippen molar-refractivity contribution in [3.05, 3.63) is 22.2 Å². The van der Waals surface area contributed by atoms with Crippen LogP contribution in [0.2, 0.25) is 0 Å². The Kier molecular flexibility index (Phi) is 4.51. The van der Waals surface area contributed by atoms with Crippen LogP contribution in [0.25, 0.3) is 0 Å². The Morgan fingerprint density at radius 1 is 1.28 bits per heavy atom. The van der Waals surface area contributed by atoms with Crippen LogP contribution in [0.3, 0.4) is 0 Å². The van der Waals surface area contributed by atoms with E-state index in [0.717, 1.165) is 33.9 Å². The molecule has 0 heterocycles. The summed E-state index contributed by atoms with van der Waals surface area (Å²) >= 11 is 3.46. The molecule has 2 rings (SSSR count). The van der Waals surface area contributed by atoms with E-state index in [1.165, 1.54) is 19.3 Å². The van der Waals surface area contributed by atoms with Crippen molar-refractivity contribution in [1.82, 2.24) is 0 Å². The van der Waals surface area contributed by atoms with Crippen molar-refractivity contribution in [3.63, 3.8) is 0 Å². The average molecular weight is 314 g/mol. The predicted molar refractivity (Wildman–Crippen MR) is 76.1 cm³/mol. The maximum Gasteiger partial charge on any atom is 0.133 e. The summed E-state index contributed by atoms with van der Waals surface area (Å²) in [6, 6.07) is 3.92. The molecule has 1 aliphatic rings. The number of ether oxygens (including phenoxy) is 2. The van der Waals surface area contributed by atoms with E-state index in [4.69, 9.17) is 15.2 Å². The molecule has 3 nitrogen and oxygen atoms in total. The monoisotopic (exact) mass is 313 g/mol. The highest BCUT2D eigenvalue weighted by atomic mass is 79.9. The first-order valence-electron chi connectivity index (χ1n) is 6.32. The van der Waals surface area contributed by atoms with Crippen molar-refractivity contribution in [2.45, 2.75) is 31.7 Å². The minimum atomic E-state index is 0.0206. The van der Waals surface area contributed by atoms with Gasteiger partial charge in [0.2, 0.25) is 0 Å². The number of methoxy groups -OCH3 is 2. The lowest BCUT2D eigenvalue weighted by Gasteiger charge is -2.29. The zero-order valence-electron chi connectivity index (χ0n) is 10.9. The van der Waals surface area contributed by atoms with Gasteiger partial charge in [0, 0.05) is 11.6 Å². The SMILES string of the molecule is COc1cc(C(N)CC2CCC2)c(OC)cc1Br. The second-order valence-corrected chi connectivity index (χ2v) is 5.72. The number of rotatable bonds is 5. The predicted octanol–water partition coefficient (Wildman–Crippen LogP) is 3.66. The topological polar surface area (TPSA) is 44.5 Å². The van der Waals surface area contributed by atoms with Crippen molar-refractivity contribution in [2.75, 3.05) is 14.2 Å². The van der Waals surface area contributed by atoms with Gasteiger partial charge in [-0.25, -0.2) is 0 Å². The Balaban J connectivity index is 2.22. The average Bonchev–Trinajstić information content (AvgIpc) is 2.33. The Bertz CT molecular complexity index is 419. The van der Waals surface area contributed by atoms with Crippen LogP contribution in [0.4, 0.5) is 0 Å². The standard InChI is InChI=1S/C14H20BrNO2/c1-17-13-8-11(15)14(18-2)7-10(13)12(16)6-9-4-3-5-9/h7-9,12H,3-6,16H2,1-2H3. The molecule has 1 atom stereocenters. The van der Waals surface area contributed by atoms with Crippen LogP contribution in [-0.2, 0) is 0 Å². The maximum absolute atomic E-state index is 6.30. The summed E-state index contributed by atoms with van der Waals surface area (Å²) in [6.45, 7) is 0. The molecule has 18 heavy (non-hydrogen) atoms. The molecule has 1 aromatic rings. The molecule has 0 aliphatic heterocycles. The number of benzene rings is 1. The van der Waals surface area contributed by atoms with Gasteiger partial charge in [-0.15, -0.1) is 0 Å². The first kappa shape index (κ1) is 13.7. The van der Waals surface area contributed by atoms with E-state index in [1.807, 2.05) is 12.1 Å². The Labute approximate surface area is 117 Å². The lowest BCUT2D eigenvalue weighted by atomic mass is 9.80. The Morgan fingerprint density at radius 3 is 2.44 bits per heavy atom. The zero-order valence-corrected chi connectivity index (χ0v) is 12.5. The highest BCUT2D eigenvalue weighted by Gasteiger charge is 2.23. The van der Waals surface area contributed by atoms with Gasteiger partial charge in [-0.3, -0.25) is 0 Å². The second-order valence-electron chi connectivity index (χ2n) is 4.87. The number of nitrogens with two attached hydrogens (primary N) is 1. The van der Waals surface area contributed by atoms with Crippen LogP contribution < -0.4 is 15.2 Å². The summed E-state index contributed by atoms with van der Waals surface area (Å²) in [5.41, 5.74) is 7.34. The van der Waals surface area contributed by atoms with Crippen molar-refractivity contribution >= 4 is 15.9 Å². The van der Waals surface area contributed by atoms with Crippen molar-refractivity contribution < 1.29 is 9.47 Å². The normalized spacial score (nSPS) is 17.1. The molecular weight excluding hydrogens is 294 g/mol.